The summed E-state index contributed by atoms with van der Waals surface area (Å²) in [5.74, 6) is -5.11. The standard InChI is InChI=1S/C51H68ClN5O16S/c1-9-35-29(3)37-26-51(67,53-50(66)71-37)39(69-8)12-10-11-28(2)21-32-22-34(46(52)36(23-32)68-7)55(6)43(61)25-45(70-35)72-48(64)30(4)54(5)40(58)19-20-74-38-24-44(62)56(47(38)63)27-31-13-15-33(16-14-31)49(65)73-57-41(59)17-18-42(57)60/h10-12,22-23,29-31,33,35,37-39,45,67H,9,13-21,24-27H2,1-8H3,(H,53,66)/b12-10+,28-11+/t29-,30-,31-,33-,35+,37-,38-,39+,45-,51-/m0/s1. The van der Waals surface area contributed by atoms with Crippen LogP contribution in [-0.4, -0.2) is 156 Å². The first-order chi connectivity index (χ1) is 35.1. The number of rotatable bonds is 14. The number of alkyl carbamates (subject to hydrolysis) is 1. The molecule has 0 spiro atoms. The number of nitrogens with one attached hydrogen (secondary N) is 1. The van der Waals surface area contributed by atoms with Crippen molar-refractivity contribution < 1.29 is 76.8 Å². The zero-order chi connectivity index (χ0) is 54.2. The van der Waals surface area contributed by atoms with Crippen LogP contribution < -0.4 is 15.0 Å². The molecule has 6 rings (SSSR count). The van der Waals surface area contributed by atoms with Gasteiger partial charge in [0.2, 0.25) is 29.9 Å². The predicted octanol–water partition coefficient (Wildman–Crippen LogP) is 4.77. The van der Waals surface area contributed by atoms with Crippen LogP contribution in [0, 0.1) is 17.8 Å². The average molecular weight is 1070 g/mol. The van der Waals surface area contributed by atoms with E-state index in [-0.39, 0.29) is 73.6 Å². The van der Waals surface area contributed by atoms with E-state index in [2.05, 4.69) is 5.32 Å². The lowest BCUT2D eigenvalue weighted by molar-refractivity contribution is -0.209. The highest BCUT2D eigenvalue weighted by Gasteiger charge is 2.48. The van der Waals surface area contributed by atoms with E-state index in [0.717, 1.165) is 22.9 Å². The molecule has 3 saturated heterocycles. The van der Waals surface area contributed by atoms with E-state index in [0.29, 0.717) is 48.6 Å². The van der Waals surface area contributed by atoms with E-state index in [9.17, 15) is 48.3 Å². The van der Waals surface area contributed by atoms with Crippen molar-refractivity contribution in [1.29, 1.82) is 0 Å². The van der Waals surface area contributed by atoms with Crippen molar-refractivity contribution in [2.75, 3.05) is 45.5 Å². The summed E-state index contributed by atoms with van der Waals surface area (Å²) < 4.78 is 29.3. The number of hydroxylamine groups is 2. The fraction of sp³-hybridized carbons (Fsp3) is 0.627. The molecule has 74 heavy (non-hydrogen) atoms. The normalized spacial score (nSPS) is 29.8. The largest absolute Gasteiger partial charge is 0.495 e. The summed E-state index contributed by atoms with van der Waals surface area (Å²) in [5.41, 5.74) is 0.0532. The van der Waals surface area contributed by atoms with Gasteiger partial charge < -0.3 is 43.4 Å². The minimum absolute atomic E-state index is 0.00305. The van der Waals surface area contributed by atoms with Crippen LogP contribution >= 0.6 is 23.4 Å². The molecule has 23 heteroatoms. The van der Waals surface area contributed by atoms with Crippen molar-refractivity contribution in [3.63, 3.8) is 0 Å². The number of nitrogens with zero attached hydrogens (tertiary/aromatic N) is 4. The summed E-state index contributed by atoms with van der Waals surface area (Å²) in [6, 6.07) is 2.31. The molecule has 8 atom stereocenters. The fourth-order valence-corrected chi connectivity index (χ4v) is 11.2. The number of benzene rings is 1. The highest BCUT2D eigenvalue weighted by molar-refractivity contribution is 8.00. The number of amides is 7. The van der Waals surface area contributed by atoms with E-state index in [1.165, 1.54) is 49.9 Å². The number of hydrogen-bond acceptors (Lipinski definition) is 17. The number of aliphatic hydroxyl groups is 1. The fourth-order valence-electron chi connectivity index (χ4n) is 9.75. The van der Waals surface area contributed by atoms with E-state index < -0.39 is 102 Å². The van der Waals surface area contributed by atoms with Gasteiger partial charge in [0.05, 0.1) is 36.5 Å². The molecule has 2 N–H and O–H groups in total. The van der Waals surface area contributed by atoms with E-state index in [1.54, 1.807) is 38.1 Å². The number of hydrogen-bond donors (Lipinski definition) is 2. The van der Waals surface area contributed by atoms with Gasteiger partial charge in [-0.3, -0.25) is 39.0 Å². The molecule has 0 radical (unpaired) electrons. The summed E-state index contributed by atoms with van der Waals surface area (Å²) in [6.07, 6.45) is 1.80. The number of ether oxygens (including phenoxy) is 5. The molecule has 1 saturated carbocycles. The average Bonchev–Trinajstić information content (AvgIpc) is 3.82. The van der Waals surface area contributed by atoms with Gasteiger partial charge >= 0.3 is 18.0 Å². The second-order valence-corrected chi connectivity index (χ2v) is 21.3. The van der Waals surface area contributed by atoms with Gasteiger partial charge in [0.25, 0.3) is 11.8 Å². The zero-order valence-electron chi connectivity index (χ0n) is 43.1. The molecule has 1 aliphatic carbocycles. The Morgan fingerprint density at radius 3 is 2.35 bits per heavy atom. The number of esters is 1. The van der Waals surface area contributed by atoms with Crippen molar-refractivity contribution in [1.82, 2.24) is 20.2 Å². The maximum Gasteiger partial charge on any atom is 0.409 e. The van der Waals surface area contributed by atoms with Crippen LogP contribution in [0.3, 0.4) is 0 Å². The molecule has 0 unspecified atom stereocenters. The summed E-state index contributed by atoms with van der Waals surface area (Å²) in [6.45, 7) is 7.07. The van der Waals surface area contributed by atoms with Crippen LogP contribution in [0.2, 0.25) is 5.02 Å². The van der Waals surface area contributed by atoms with Crippen LogP contribution in [0.1, 0.15) is 104 Å². The number of halogens is 1. The number of carbonyl (C=O) groups excluding carboxylic acids is 9. The number of likely N-dealkylation sites (N-methyl/N-ethyl adjacent to an activating group) is 1. The number of thioether (sulfide) groups is 1. The van der Waals surface area contributed by atoms with Crippen molar-refractivity contribution >= 4 is 82.5 Å². The Morgan fingerprint density at radius 1 is 1.01 bits per heavy atom. The third-order valence-corrected chi connectivity index (χ3v) is 16.0. The third-order valence-electron chi connectivity index (χ3n) is 14.5. The number of allylic oxidation sites excluding steroid dienone is 3. The van der Waals surface area contributed by atoms with Crippen LogP contribution in [0.25, 0.3) is 0 Å². The van der Waals surface area contributed by atoms with Crippen LogP contribution in [0.5, 0.6) is 5.75 Å². The van der Waals surface area contributed by atoms with Crippen molar-refractivity contribution in [3.8, 4) is 5.75 Å². The Bertz CT molecular complexity index is 2380. The molecule has 21 nitrogen and oxygen atoms in total. The lowest BCUT2D eigenvalue weighted by atomic mass is 9.82. The maximum atomic E-state index is 14.2. The van der Waals surface area contributed by atoms with E-state index >= 15 is 0 Å². The summed E-state index contributed by atoms with van der Waals surface area (Å²) in [7, 11) is 5.79. The first-order valence-electron chi connectivity index (χ1n) is 24.9. The van der Waals surface area contributed by atoms with Gasteiger partial charge in [0.15, 0.2) is 5.72 Å². The molecule has 4 fully saturated rings. The first kappa shape index (κ1) is 57.7. The second-order valence-electron chi connectivity index (χ2n) is 19.6. The van der Waals surface area contributed by atoms with Crippen LogP contribution in [0.4, 0.5) is 10.5 Å². The van der Waals surface area contributed by atoms with Gasteiger partial charge in [0.1, 0.15) is 29.0 Å². The smallest absolute Gasteiger partial charge is 0.409 e. The predicted molar refractivity (Wildman–Crippen MR) is 268 cm³/mol. The number of carbonyl (C=O) groups is 9. The Balaban J connectivity index is 1.09. The highest BCUT2D eigenvalue weighted by Crippen LogP contribution is 2.38. The minimum atomic E-state index is -1.90. The number of methoxy groups -OCH3 is 2. The summed E-state index contributed by atoms with van der Waals surface area (Å²) in [5, 5.41) is 14.3. The second kappa shape index (κ2) is 25.3. The lowest BCUT2D eigenvalue weighted by Crippen LogP contribution is -2.63. The van der Waals surface area contributed by atoms with Crippen LogP contribution in [-0.2, 0) is 68.6 Å². The monoisotopic (exact) mass is 1070 g/mol. The number of likely N-dealkylation sites (tertiary alicyclic amines) is 1. The molecule has 1 aromatic rings. The summed E-state index contributed by atoms with van der Waals surface area (Å²) in [4.78, 5) is 127. The van der Waals surface area contributed by atoms with E-state index in [4.69, 9.17) is 40.1 Å². The van der Waals surface area contributed by atoms with Crippen molar-refractivity contribution in [2.24, 2.45) is 17.8 Å². The first-order valence-corrected chi connectivity index (χ1v) is 26.4. The Hall–Kier alpha value is -5.55. The van der Waals surface area contributed by atoms with Gasteiger partial charge in [0, 0.05) is 71.5 Å². The Morgan fingerprint density at radius 2 is 1.70 bits per heavy atom. The Kier molecular flexibility index (Phi) is 19.8. The quantitative estimate of drug-likeness (QED) is 0.188. The molecular formula is C51H68ClN5O16S. The third kappa shape index (κ3) is 13.8. The molecule has 4 bridgehead atoms. The maximum absolute atomic E-state index is 14.2. The van der Waals surface area contributed by atoms with E-state index in [1.807, 2.05) is 13.0 Å². The SMILES string of the molecule is CC[C@H]1O[C@@H](OC(=O)[C@H](C)N(C)C(=O)CCS[C@H]2CC(=O)N(C[C@H]3CC[C@H](C(=O)ON4C(=O)CCC4=O)CC3)C2=O)CC(=O)N(C)c2cc(cc(OC)c2Cl)C/C(C)=C/C=C/[C@@H](OC)[C@@]2(O)C[C@H](OC(=O)N2)[C@H]1C. The van der Waals surface area contributed by atoms with Crippen molar-refractivity contribution in [3.05, 3.63) is 46.5 Å². The van der Waals surface area contributed by atoms with Gasteiger partial charge in [-0.05, 0) is 76.0 Å². The molecule has 7 amide bonds. The molecule has 5 aliphatic rings. The molecule has 406 valence electrons. The number of fused-ring (bicyclic) bond motifs is 4. The summed E-state index contributed by atoms with van der Waals surface area (Å²) >= 11 is 7.95. The molecular weight excluding hydrogens is 1010 g/mol. The van der Waals surface area contributed by atoms with Crippen molar-refractivity contribution in [2.45, 2.75) is 146 Å². The van der Waals surface area contributed by atoms with Gasteiger partial charge in [-0.2, -0.15) is 0 Å². The van der Waals surface area contributed by atoms with Gasteiger partial charge in [-0.25, -0.2) is 14.4 Å². The van der Waals surface area contributed by atoms with Crippen LogP contribution in [0.15, 0.2) is 35.9 Å². The minimum Gasteiger partial charge on any atom is -0.495 e. The lowest BCUT2D eigenvalue weighted by Gasteiger charge is -2.43. The number of imide groups is 2. The highest BCUT2D eigenvalue weighted by atomic mass is 35.5. The number of anilines is 1. The molecule has 1 aromatic carbocycles. The molecule has 4 heterocycles. The van der Waals surface area contributed by atoms with Gasteiger partial charge in [-0.1, -0.05) is 49.2 Å². The molecule has 4 aliphatic heterocycles. The molecule has 0 aromatic heterocycles. The zero-order valence-corrected chi connectivity index (χ0v) is 44.7. The topological polar surface area (TPSA) is 254 Å². The van der Waals surface area contributed by atoms with Gasteiger partial charge in [-0.15, -0.1) is 16.8 Å². The Labute approximate surface area is 439 Å².